The molecule has 16 heavy (non-hydrogen) atoms. The quantitative estimate of drug-likeness (QED) is 0.738. The normalized spacial score (nSPS) is 23.6. The summed E-state index contributed by atoms with van der Waals surface area (Å²) >= 11 is 0. The van der Waals surface area contributed by atoms with Gasteiger partial charge in [-0.2, -0.15) is 0 Å². The number of nitrogens with zero attached hydrogens (tertiary/aromatic N) is 4. The monoisotopic (exact) mass is 221 g/mol. The summed E-state index contributed by atoms with van der Waals surface area (Å²) in [4.78, 5) is 13.4. The third-order valence-corrected chi connectivity index (χ3v) is 3.04. The smallest absolute Gasteiger partial charge is 0.149 e. The summed E-state index contributed by atoms with van der Waals surface area (Å²) in [6, 6.07) is 2.05. The van der Waals surface area contributed by atoms with Gasteiger partial charge in [-0.1, -0.05) is 0 Å². The third kappa shape index (κ3) is 2.31. The Kier molecular flexibility index (Phi) is 3.07. The molecule has 1 aliphatic rings. The van der Waals surface area contributed by atoms with Crippen LogP contribution in [0.3, 0.4) is 0 Å². The molecule has 0 aromatic carbocycles. The van der Waals surface area contributed by atoms with Crippen LogP contribution in [0.15, 0.2) is 6.07 Å². The van der Waals surface area contributed by atoms with Gasteiger partial charge in [0.1, 0.15) is 11.6 Å². The highest BCUT2D eigenvalue weighted by molar-refractivity contribution is 5.30. The summed E-state index contributed by atoms with van der Waals surface area (Å²) in [6.45, 7) is 5.04. The maximum absolute atomic E-state index is 5.76. The maximum Gasteiger partial charge on any atom is 0.149 e. The van der Waals surface area contributed by atoms with Gasteiger partial charge in [0.2, 0.25) is 0 Å². The number of nitrogen functional groups attached to an aromatic ring is 1. The van der Waals surface area contributed by atoms with E-state index in [1.165, 1.54) is 0 Å². The fourth-order valence-corrected chi connectivity index (χ4v) is 2.05. The Labute approximate surface area is 96.3 Å². The lowest BCUT2D eigenvalue weighted by molar-refractivity contribution is 0.109. The van der Waals surface area contributed by atoms with Gasteiger partial charge in [0.05, 0.1) is 6.04 Å². The Morgan fingerprint density at radius 2 is 2.06 bits per heavy atom. The molecule has 0 amide bonds. The SMILES string of the molecule is Cc1cc(N)nc(C2CN(C)CCN2C)n1. The predicted octanol–water partition coefficient (Wildman–Crippen LogP) is 0.286. The molecule has 0 saturated carbocycles. The van der Waals surface area contributed by atoms with Gasteiger partial charge in [0.15, 0.2) is 0 Å². The molecule has 2 rings (SSSR count). The van der Waals surface area contributed by atoms with Gasteiger partial charge < -0.3 is 10.6 Å². The molecule has 0 spiro atoms. The minimum atomic E-state index is 0.251. The van der Waals surface area contributed by atoms with Crippen LogP contribution in [0.1, 0.15) is 17.6 Å². The second-order valence-electron chi connectivity index (χ2n) is 4.55. The Bertz CT molecular complexity index is 358. The average Bonchev–Trinajstić information content (AvgIpc) is 2.20. The van der Waals surface area contributed by atoms with Crippen molar-refractivity contribution in [2.75, 3.05) is 39.5 Å². The fourth-order valence-electron chi connectivity index (χ4n) is 2.05. The van der Waals surface area contributed by atoms with Crippen molar-refractivity contribution >= 4 is 5.82 Å². The molecule has 1 unspecified atom stereocenters. The van der Waals surface area contributed by atoms with Gasteiger partial charge in [-0.3, -0.25) is 4.90 Å². The largest absolute Gasteiger partial charge is 0.384 e. The summed E-state index contributed by atoms with van der Waals surface area (Å²) in [5.41, 5.74) is 6.70. The standard InChI is InChI=1S/C11H19N5/c1-8-6-10(12)14-11(13-8)9-7-15(2)4-5-16(9)3/h6,9H,4-5,7H2,1-3H3,(H2,12,13,14). The van der Waals surface area contributed by atoms with Crippen LogP contribution in [0.25, 0.3) is 0 Å². The van der Waals surface area contributed by atoms with E-state index in [2.05, 4.69) is 33.9 Å². The molecule has 0 bridgehead atoms. The minimum Gasteiger partial charge on any atom is -0.384 e. The van der Waals surface area contributed by atoms with E-state index in [0.717, 1.165) is 31.2 Å². The predicted molar refractivity (Wildman–Crippen MR) is 64.0 cm³/mol. The molecule has 0 radical (unpaired) electrons. The van der Waals surface area contributed by atoms with Crippen molar-refractivity contribution in [3.63, 3.8) is 0 Å². The van der Waals surface area contributed by atoms with Crippen molar-refractivity contribution in [2.24, 2.45) is 0 Å². The molecule has 1 atom stereocenters. The number of aryl methyl sites for hydroxylation is 1. The molecule has 1 aliphatic heterocycles. The van der Waals surface area contributed by atoms with Gasteiger partial charge in [-0.25, -0.2) is 9.97 Å². The molecular weight excluding hydrogens is 202 g/mol. The maximum atomic E-state index is 5.76. The minimum absolute atomic E-state index is 0.251. The van der Waals surface area contributed by atoms with E-state index in [1.54, 1.807) is 6.07 Å². The van der Waals surface area contributed by atoms with Gasteiger partial charge in [0, 0.05) is 31.4 Å². The van der Waals surface area contributed by atoms with E-state index < -0.39 is 0 Å². The first-order chi connectivity index (χ1) is 7.56. The van der Waals surface area contributed by atoms with Crippen LogP contribution in [0, 0.1) is 6.92 Å². The third-order valence-electron chi connectivity index (χ3n) is 3.04. The van der Waals surface area contributed by atoms with Crippen LogP contribution in [-0.2, 0) is 0 Å². The van der Waals surface area contributed by atoms with E-state index in [0.29, 0.717) is 5.82 Å². The van der Waals surface area contributed by atoms with E-state index in [9.17, 15) is 0 Å². The van der Waals surface area contributed by atoms with E-state index in [1.807, 2.05) is 6.92 Å². The molecule has 1 saturated heterocycles. The zero-order valence-corrected chi connectivity index (χ0v) is 10.1. The highest BCUT2D eigenvalue weighted by Gasteiger charge is 2.26. The summed E-state index contributed by atoms with van der Waals surface area (Å²) < 4.78 is 0. The molecule has 2 heterocycles. The molecular formula is C11H19N5. The van der Waals surface area contributed by atoms with Gasteiger partial charge in [0.25, 0.3) is 0 Å². The topological polar surface area (TPSA) is 58.3 Å². The molecule has 5 nitrogen and oxygen atoms in total. The Morgan fingerprint density at radius 3 is 2.75 bits per heavy atom. The molecule has 1 aromatic heterocycles. The van der Waals surface area contributed by atoms with Crippen LogP contribution in [-0.4, -0.2) is 53.5 Å². The van der Waals surface area contributed by atoms with Gasteiger partial charge in [-0.05, 0) is 21.0 Å². The van der Waals surface area contributed by atoms with Crippen LogP contribution in [0.4, 0.5) is 5.82 Å². The van der Waals surface area contributed by atoms with E-state index in [4.69, 9.17) is 5.73 Å². The summed E-state index contributed by atoms with van der Waals surface area (Å²) in [7, 11) is 4.23. The molecule has 2 N–H and O–H groups in total. The highest BCUT2D eigenvalue weighted by atomic mass is 15.3. The van der Waals surface area contributed by atoms with E-state index in [-0.39, 0.29) is 6.04 Å². The van der Waals surface area contributed by atoms with Crippen molar-refractivity contribution in [3.8, 4) is 0 Å². The van der Waals surface area contributed by atoms with Gasteiger partial charge in [-0.15, -0.1) is 0 Å². The highest BCUT2D eigenvalue weighted by Crippen LogP contribution is 2.21. The molecule has 0 aliphatic carbocycles. The number of hydrogen-bond donors (Lipinski definition) is 1. The lowest BCUT2D eigenvalue weighted by Gasteiger charge is -2.36. The first-order valence-corrected chi connectivity index (χ1v) is 5.56. The molecule has 88 valence electrons. The van der Waals surface area contributed by atoms with Gasteiger partial charge >= 0.3 is 0 Å². The van der Waals surface area contributed by atoms with Crippen molar-refractivity contribution in [3.05, 3.63) is 17.6 Å². The molecule has 5 heteroatoms. The second kappa shape index (κ2) is 4.35. The number of piperazine rings is 1. The van der Waals surface area contributed by atoms with Crippen molar-refractivity contribution in [2.45, 2.75) is 13.0 Å². The second-order valence-corrected chi connectivity index (χ2v) is 4.55. The number of rotatable bonds is 1. The Hall–Kier alpha value is -1.20. The van der Waals surface area contributed by atoms with Crippen molar-refractivity contribution in [1.29, 1.82) is 0 Å². The lowest BCUT2D eigenvalue weighted by Crippen LogP contribution is -2.45. The Morgan fingerprint density at radius 1 is 1.31 bits per heavy atom. The number of anilines is 1. The zero-order chi connectivity index (χ0) is 11.7. The fraction of sp³-hybridized carbons (Fsp3) is 0.636. The van der Waals surface area contributed by atoms with E-state index >= 15 is 0 Å². The summed E-state index contributed by atoms with van der Waals surface area (Å²) in [5, 5.41) is 0. The van der Waals surface area contributed by atoms with Crippen LogP contribution in [0.5, 0.6) is 0 Å². The number of hydrogen-bond acceptors (Lipinski definition) is 5. The van der Waals surface area contributed by atoms with Crippen molar-refractivity contribution < 1.29 is 0 Å². The summed E-state index contributed by atoms with van der Waals surface area (Å²) in [5.74, 6) is 1.40. The number of aromatic nitrogens is 2. The average molecular weight is 221 g/mol. The lowest BCUT2D eigenvalue weighted by atomic mass is 10.1. The Balaban J connectivity index is 2.27. The first-order valence-electron chi connectivity index (χ1n) is 5.56. The summed E-state index contributed by atoms with van der Waals surface area (Å²) in [6.07, 6.45) is 0. The number of likely N-dealkylation sites (N-methyl/N-ethyl adjacent to an activating group) is 2. The van der Waals surface area contributed by atoms with Crippen molar-refractivity contribution in [1.82, 2.24) is 19.8 Å². The van der Waals surface area contributed by atoms with Crippen LogP contribution < -0.4 is 5.73 Å². The first kappa shape index (κ1) is 11.3. The number of nitrogens with two attached hydrogens (primary N) is 1. The van der Waals surface area contributed by atoms with Crippen LogP contribution in [0.2, 0.25) is 0 Å². The van der Waals surface area contributed by atoms with Crippen LogP contribution >= 0.6 is 0 Å². The zero-order valence-electron chi connectivity index (χ0n) is 10.1. The molecule has 1 aromatic rings. The molecule has 1 fully saturated rings.